The number of nitrogens with zero attached hydrogens (tertiary/aromatic N) is 1. The second-order valence-corrected chi connectivity index (χ2v) is 6.64. The number of carboxylic acid groups (broad SMARTS) is 1. The molecule has 4 heteroatoms. The molecule has 0 aromatic rings. The minimum Gasteiger partial charge on any atom is -0.474 e. The molecule has 2 fully saturated rings. The van der Waals surface area contributed by atoms with Crippen molar-refractivity contribution in [2.24, 2.45) is 17.8 Å². The number of carbonyl (C=O) groups excluding carboxylic acids is 1. The number of rotatable bonds is 3. The number of carbonyl (C=O) groups is 2. The molecule has 0 saturated heterocycles. The molecule has 2 aliphatic rings. The van der Waals surface area contributed by atoms with Crippen LogP contribution in [0.1, 0.15) is 52.9 Å². The molecule has 3 atom stereocenters. The van der Waals surface area contributed by atoms with Crippen LogP contribution < -0.4 is 0 Å². The lowest BCUT2D eigenvalue weighted by Gasteiger charge is -2.43. The van der Waals surface area contributed by atoms with Crippen LogP contribution in [0.2, 0.25) is 0 Å². The molecule has 0 aromatic carbocycles. The zero-order chi connectivity index (χ0) is 14.2. The van der Waals surface area contributed by atoms with Gasteiger partial charge in [-0.3, -0.25) is 4.79 Å². The summed E-state index contributed by atoms with van der Waals surface area (Å²) in [5.41, 5.74) is 0. The first-order chi connectivity index (χ1) is 8.91. The molecule has 2 rings (SSSR count). The average Bonchev–Trinajstić information content (AvgIpc) is 3.13. The smallest absolute Gasteiger partial charge is 0.394 e. The highest BCUT2D eigenvalue weighted by molar-refractivity contribution is 6.31. The van der Waals surface area contributed by atoms with Crippen molar-refractivity contribution in [1.29, 1.82) is 0 Å². The fraction of sp³-hybridized carbons (Fsp3) is 0.867. The van der Waals surface area contributed by atoms with E-state index in [2.05, 4.69) is 20.8 Å². The van der Waals surface area contributed by atoms with E-state index in [4.69, 9.17) is 5.11 Å². The first-order valence-corrected chi connectivity index (χ1v) is 7.47. The lowest BCUT2D eigenvalue weighted by Crippen LogP contribution is -2.52. The molecule has 2 aliphatic carbocycles. The number of hydrogen-bond donors (Lipinski definition) is 1. The first kappa shape index (κ1) is 14.4. The molecule has 0 heterocycles. The molecule has 1 N–H and O–H groups in total. The Balaban J connectivity index is 2.21. The lowest BCUT2D eigenvalue weighted by atomic mass is 9.73. The SMILES string of the molecule is CC1CCC(C(C)C)C(N(C(=O)C(=O)O)C2CC2)C1. The van der Waals surface area contributed by atoms with Crippen LogP contribution in [-0.4, -0.2) is 34.0 Å². The molecule has 0 spiro atoms. The van der Waals surface area contributed by atoms with E-state index in [9.17, 15) is 9.59 Å². The van der Waals surface area contributed by atoms with E-state index in [0.29, 0.717) is 17.8 Å². The van der Waals surface area contributed by atoms with Crippen LogP contribution in [0.3, 0.4) is 0 Å². The van der Waals surface area contributed by atoms with Gasteiger partial charge in [0.2, 0.25) is 0 Å². The van der Waals surface area contributed by atoms with Gasteiger partial charge in [0.25, 0.3) is 0 Å². The first-order valence-electron chi connectivity index (χ1n) is 7.47. The molecule has 108 valence electrons. The van der Waals surface area contributed by atoms with Crippen molar-refractivity contribution in [2.75, 3.05) is 0 Å². The number of amides is 1. The Labute approximate surface area is 115 Å². The summed E-state index contributed by atoms with van der Waals surface area (Å²) in [7, 11) is 0. The summed E-state index contributed by atoms with van der Waals surface area (Å²) in [6, 6.07) is 0.306. The number of carboxylic acids is 1. The number of aliphatic carboxylic acids is 1. The Kier molecular flexibility index (Phi) is 4.16. The van der Waals surface area contributed by atoms with Crippen molar-refractivity contribution < 1.29 is 14.7 Å². The van der Waals surface area contributed by atoms with Crippen LogP contribution in [0.5, 0.6) is 0 Å². The van der Waals surface area contributed by atoms with Crippen molar-refractivity contribution in [1.82, 2.24) is 4.90 Å². The van der Waals surface area contributed by atoms with Gasteiger partial charge in [0.05, 0.1) is 0 Å². The zero-order valence-corrected chi connectivity index (χ0v) is 12.1. The van der Waals surface area contributed by atoms with E-state index in [0.717, 1.165) is 25.7 Å². The van der Waals surface area contributed by atoms with Crippen LogP contribution >= 0.6 is 0 Å². The maximum atomic E-state index is 12.0. The fourth-order valence-electron chi connectivity index (χ4n) is 3.52. The van der Waals surface area contributed by atoms with Gasteiger partial charge in [-0.15, -0.1) is 0 Å². The normalized spacial score (nSPS) is 31.3. The van der Waals surface area contributed by atoms with Crippen LogP contribution in [0, 0.1) is 17.8 Å². The Hall–Kier alpha value is -1.06. The van der Waals surface area contributed by atoms with E-state index in [1.54, 1.807) is 4.90 Å². The monoisotopic (exact) mass is 267 g/mol. The van der Waals surface area contributed by atoms with E-state index in [1.165, 1.54) is 6.42 Å². The molecule has 3 unspecified atom stereocenters. The van der Waals surface area contributed by atoms with Crippen molar-refractivity contribution in [3.8, 4) is 0 Å². The highest BCUT2D eigenvalue weighted by Crippen LogP contribution is 2.40. The molecule has 1 amide bonds. The molecule has 2 saturated carbocycles. The fourth-order valence-corrected chi connectivity index (χ4v) is 3.52. The third-order valence-corrected chi connectivity index (χ3v) is 4.70. The molecule has 0 bridgehead atoms. The molecule has 4 nitrogen and oxygen atoms in total. The van der Waals surface area contributed by atoms with Crippen molar-refractivity contribution in [2.45, 2.75) is 65.0 Å². The topological polar surface area (TPSA) is 57.6 Å². The van der Waals surface area contributed by atoms with Crippen LogP contribution in [0.25, 0.3) is 0 Å². The van der Waals surface area contributed by atoms with Crippen LogP contribution in [-0.2, 0) is 9.59 Å². The Morgan fingerprint density at radius 1 is 1.16 bits per heavy atom. The molecular formula is C15H25NO3. The standard InChI is InChI=1S/C15H25NO3/c1-9(2)12-7-4-10(3)8-13(12)16(11-5-6-11)14(17)15(18)19/h9-13H,4-8H2,1-3H3,(H,18,19). The maximum Gasteiger partial charge on any atom is 0.394 e. The van der Waals surface area contributed by atoms with E-state index < -0.39 is 11.9 Å². The van der Waals surface area contributed by atoms with Gasteiger partial charge in [-0.05, 0) is 43.4 Å². The summed E-state index contributed by atoms with van der Waals surface area (Å²) < 4.78 is 0. The van der Waals surface area contributed by atoms with Gasteiger partial charge >= 0.3 is 11.9 Å². The van der Waals surface area contributed by atoms with Gasteiger partial charge in [0.1, 0.15) is 0 Å². The Bertz CT molecular complexity index is 362. The van der Waals surface area contributed by atoms with Gasteiger partial charge in [0.15, 0.2) is 0 Å². The van der Waals surface area contributed by atoms with Gasteiger partial charge in [-0.1, -0.05) is 27.2 Å². The summed E-state index contributed by atoms with van der Waals surface area (Å²) in [4.78, 5) is 24.8. The summed E-state index contributed by atoms with van der Waals surface area (Å²) in [6.07, 6.45) is 5.19. The van der Waals surface area contributed by atoms with Crippen LogP contribution in [0.4, 0.5) is 0 Å². The highest BCUT2D eigenvalue weighted by atomic mass is 16.4. The Morgan fingerprint density at radius 2 is 1.79 bits per heavy atom. The number of hydrogen-bond acceptors (Lipinski definition) is 2. The summed E-state index contributed by atoms with van der Waals surface area (Å²) in [5.74, 6) is -0.455. The van der Waals surface area contributed by atoms with Gasteiger partial charge in [-0.2, -0.15) is 0 Å². The lowest BCUT2D eigenvalue weighted by molar-refractivity contribution is -0.159. The molecule has 0 radical (unpaired) electrons. The summed E-state index contributed by atoms with van der Waals surface area (Å²) >= 11 is 0. The van der Waals surface area contributed by atoms with Gasteiger partial charge < -0.3 is 10.0 Å². The Morgan fingerprint density at radius 3 is 2.26 bits per heavy atom. The second-order valence-electron chi connectivity index (χ2n) is 6.64. The third-order valence-electron chi connectivity index (χ3n) is 4.70. The largest absolute Gasteiger partial charge is 0.474 e. The maximum absolute atomic E-state index is 12.0. The van der Waals surface area contributed by atoms with E-state index >= 15 is 0 Å². The summed E-state index contributed by atoms with van der Waals surface area (Å²) in [6.45, 7) is 6.58. The van der Waals surface area contributed by atoms with E-state index in [1.807, 2.05) is 0 Å². The molecule has 19 heavy (non-hydrogen) atoms. The highest BCUT2D eigenvalue weighted by Gasteiger charge is 2.44. The van der Waals surface area contributed by atoms with Crippen molar-refractivity contribution >= 4 is 11.9 Å². The van der Waals surface area contributed by atoms with Crippen LogP contribution in [0.15, 0.2) is 0 Å². The zero-order valence-electron chi connectivity index (χ0n) is 12.1. The summed E-state index contributed by atoms with van der Waals surface area (Å²) in [5, 5.41) is 9.06. The molecule has 0 aliphatic heterocycles. The predicted octanol–water partition coefficient (Wildman–Crippen LogP) is 2.52. The predicted molar refractivity (Wildman–Crippen MR) is 72.6 cm³/mol. The molecular weight excluding hydrogens is 242 g/mol. The third kappa shape index (κ3) is 3.10. The average molecular weight is 267 g/mol. The minimum absolute atomic E-state index is 0.125. The minimum atomic E-state index is -1.30. The molecule has 0 aromatic heterocycles. The van der Waals surface area contributed by atoms with Crippen molar-refractivity contribution in [3.63, 3.8) is 0 Å². The van der Waals surface area contributed by atoms with Crippen molar-refractivity contribution in [3.05, 3.63) is 0 Å². The van der Waals surface area contributed by atoms with E-state index in [-0.39, 0.29) is 12.1 Å². The van der Waals surface area contributed by atoms with Gasteiger partial charge in [-0.25, -0.2) is 4.79 Å². The quantitative estimate of drug-likeness (QED) is 0.799. The van der Waals surface area contributed by atoms with Gasteiger partial charge in [0, 0.05) is 12.1 Å². The second kappa shape index (κ2) is 5.51.